The fourth-order valence-corrected chi connectivity index (χ4v) is 2.37. The highest BCUT2D eigenvalue weighted by molar-refractivity contribution is 7.13. The molecular formula is C14H12N2OS. The van der Waals surface area contributed by atoms with Gasteiger partial charge in [-0.25, -0.2) is 0 Å². The third kappa shape index (κ3) is 2.76. The van der Waals surface area contributed by atoms with E-state index in [1.807, 2.05) is 43.3 Å². The number of amides is 1. The number of aryl methyl sites for hydroxylation is 1. The van der Waals surface area contributed by atoms with Crippen molar-refractivity contribution in [2.24, 2.45) is 0 Å². The van der Waals surface area contributed by atoms with E-state index < -0.39 is 6.04 Å². The van der Waals surface area contributed by atoms with Gasteiger partial charge in [-0.15, -0.1) is 11.3 Å². The zero-order valence-electron chi connectivity index (χ0n) is 9.88. The van der Waals surface area contributed by atoms with Gasteiger partial charge in [0.05, 0.1) is 10.9 Å². The molecule has 1 amide bonds. The lowest BCUT2D eigenvalue weighted by atomic mass is 10.1. The molecule has 0 fully saturated rings. The molecule has 1 aromatic heterocycles. The number of thiophene rings is 1. The van der Waals surface area contributed by atoms with Crippen LogP contribution in [0.15, 0.2) is 42.5 Å². The van der Waals surface area contributed by atoms with E-state index in [1.165, 1.54) is 11.3 Å². The molecule has 0 aliphatic rings. The second kappa shape index (κ2) is 5.48. The molecular weight excluding hydrogens is 244 g/mol. The quantitative estimate of drug-likeness (QED) is 0.917. The van der Waals surface area contributed by atoms with Gasteiger partial charge in [0.25, 0.3) is 5.91 Å². The first-order chi connectivity index (χ1) is 8.70. The van der Waals surface area contributed by atoms with Crippen molar-refractivity contribution in [1.29, 1.82) is 5.26 Å². The molecule has 0 aliphatic carbocycles. The van der Waals surface area contributed by atoms with Gasteiger partial charge in [-0.1, -0.05) is 30.3 Å². The molecule has 0 bridgehead atoms. The SMILES string of the molecule is Cc1ccc(C(=O)NC(C#N)c2ccccc2)s1. The summed E-state index contributed by atoms with van der Waals surface area (Å²) >= 11 is 1.42. The summed E-state index contributed by atoms with van der Waals surface area (Å²) in [5.41, 5.74) is 0.793. The van der Waals surface area contributed by atoms with E-state index >= 15 is 0 Å². The minimum absolute atomic E-state index is 0.205. The second-order valence-corrected chi connectivity index (χ2v) is 5.14. The Morgan fingerprint density at radius 3 is 2.56 bits per heavy atom. The number of nitrogens with zero attached hydrogens (tertiary/aromatic N) is 1. The summed E-state index contributed by atoms with van der Waals surface area (Å²) < 4.78 is 0. The molecule has 2 rings (SSSR count). The van der Waals surface area contributed by atoms with Crippen molar-refractivity contribution in [2.75, 3.05) is 0 Å². The van der Waals surface area contributed by atoms with Gasteiger partial charge in [0.15, 0.2) is 0 Å². The summed E-state index contributed by atoms with van der Waals surface area (Å²) in [7, 11) is 0. The van der Waals surface area contributed by atoms with E-state index in [1.54, 1.807) is 6.07 Å². The van der Waals surface area contributed by atoms with Crippen molar-refractivity contribution in [1.82, 2.24) is 5.32 Å². The van der Waals surface area contributed by atoms with Gasteiger partial charge in [-0.05, 0) is 24.6 Å². The monoisotopic (exact) mass is 256 g/mol. The molecule has 3 nitrogen and oxygen atoms in total. The first kappa shape index (κ1) is 12.3. The number of benzene rings is 1. The van der Waals surface area contributed by atoms with Crippen LogP contribution in [0.3, 0.4) is 0 Å². The predicted molar refractivity (Wildman–Crippen MR) is 71.3 cm³/mol. The van der Waals surface area contributed by atoms with Gasteiger partial charge >= 0.3 is 0 Å². The smallest absolute Gasteiger partial charge is 0.262 e. The standard InChI is InChI=1S/C14H12N2OS/c1-10-7-8-13(18-10)14(17)16-12(9-15)11-5-3-2-4-6-11/h2-8,12H,1H3,(H,16,17). The second-order valence-electron chi connectivity index (χ2n) is 3.86. The first-order valence-electron chi connectivity index (χ1n) is 5.52. The van der Waals surface area contributed by atoms with E-state index in [0.29, 0.717) is 4.88 Å². The maximum absolute atomic E-state index is 11.9. The summed E-state index contributed by atoms with van der Waals surface area (Å²) in [5.74, 6) is -0.205. The predicted octanol–water partition coefficient (Wildman–Crippen LogP) is 3.05. The molecule has 0 radical (unpaired) electrons. The van der Waals surface area contributed by atoms with Crippen LogP contribution >= 0.6 is 11.3 Å². The van der Waals surface area contributed by atoms with E-state index in [-0.39, 0.29) is 5.91 Å². The fourth-order valence-electron chi connectivity index (χ4n) is 1.59. The molecule has 90 valence electrons. The van der Waals surface area contributed by atoms with Crippen LogP contribution in [-0.4, -0.2) is 5.91 Å². The van der Waals surface area contributed by atoms with Crippen molar-refractivity contribution in [3.05, 3.63) is 57.8 Å². The van der Waals surface area contributed by atoms with Crippen molar-refractivity contribution in [2.45, 2.75) is 13.0 Å². The lowest BCUT2D eigenvalue weighted by molar-refractivity contribution is 0.0949. The van der Waals surface area contributed by atoms with Gasteiger partial charge in [-0.3, -0.25) is 4.79 Å². The Labute approximate surface area is 110 Å². The Hall–Kier alpha value is -2.12. The number of nitrogens with one attached hydrogen (secondary N) is 1. The molecule has 18 heavy (non-hydrogen) atoms. The summed E-state index contributed by atoms with van der Waals surface area (Å²) in [6, 6.07) is 14.4. The summed E-state index contributed by atoms with van der Waals surface area (Å²) in [5, 5.41) is 11.8. The Balaban J connectivity index is 2.13. The van der Waals surface area contributed by atoms with Crippen molar-refractivity contribution in [3.63, 3.8) is 0 Å². The molecule has 0 aliphatic heterocycles. The zero-order valence-corrected chi connectivity index (χ0v) is 10.7. The summed E-state index contributed by atoms with van der Waals surface area (Å²) in [4.78, 5) is 13.7. The molecule has 0 spiro atoms. The van der Waals surface area contributed by atoms with Gasteiger partial charge in [0.1, 0.15) is 6.04 Å². The van der Waals surface area contributed by atoms with Crippen LogP contribution in [0.1, 0.15) is 26.2 Å². The van der Waals surface area contributed by atoms with Crippen LogP contribution in [0.5, 0.6) is 0 Å². The lowest BCUT2D eigenvalue weighted by Crippen LogP contribution is -2.26. The van der Waals surface area contributed by atoms with Gasteiger partial charge in [0.2, 0.25) is 0 Å². The Morgan fingerprint density at radius 2 is 2.00 bits per heavy atom. The van der Waals surface area contributed by atoms with Crippen LogP contribution in [0, 0.1) is 18.3 Å². The number of carbonyl (C=O) groups is 1. The Kier molecular flexibility index (Phi) is 3.75. The normalized spacial score (nSPS) is 11.6. The van der Waals surface area contributed by atoms with Gasteiger partial charge < -0.3 is 5.32 Å². The van der Waals surface area contributed by atoms with Crippen molar-refractivity contribution < 1.29 is 4.79 Å². The molecule has 1 atom stereocenters. The van der Waals surface area contributed by atoms with Crippen LogP contribution in [-0.2, 0) is 0 Å². The summed E-state index contributed by atoms with van der Waals surface area (Å²) in [6.07, 6.45) is 0. The zero-order chi connectivity index (χ0) is 13.0. The summed E-state index contributed by atoms with van der Waals surface area (Å²) in [6.45, 7) is 1.94. The molecule has 4 heteroatoms. The van der Waals surface area contributed by atoms with Crippen LogP contribution < -0.4 is 5.32 Å². The highest BCUT2D eigenvalue weighted by Gasteiger charge is 2.15. The lowest BCUT2D eigenvalue weighted by Gasteiger charge is -2.10. The minimum atomic E-state index is -0.610. The molecule has 0 saturated heterocycles. The molecule has 2 aromatic rings. The number of rotatable bonds is 3. The van der Waals surface area contributed by atoms with E-state index in [9.17, 15) is 4.79 Å². The number of hydrogen-bond acceptors (Lipinski definition) is 3. The maximum atomic E-state index is 11.9. The van der Waals surface area contributed by atoms with E-state index in [0.717, 1.165) is 10.4 Å². The van der Waals surface area contributed by atoms with E-state index in [2.05, 4.69) is 11.4 Å². The fraction of sp³-hybridized carbons (Fsp3) is 0.143. The third-order valence-electron chi connectivity index (χ3n) is 2.50. The van der Waals surface area contributed by atoms with Crippen LogP contribution in [0.4, 0.5) is 0 Å². The van der Waals surface area contributed by atoms with Gasteiger partial charge in [0, 0.05) is 4.88 Å². The van der Waals surface area contributed by atoms with Crippen molar-refractivity contribution in [3.8, 4) is 6.07 Å². The maximum Gasteiger partial charge on any atom is 0.262 e. The number of nitriles is 1. The average molecular weight is 256 g/mol. The highest BCUT2D eigenvalue weighted by Crippen LogP contribution is 2.17. The topological polar surface area (TPSA) is 52.9 Å². The molecule has 1 heterocycles. The number of hydrogen-bond donors (Lipinski definition) is 1. The Bertz CT molecular complexity index is 583. The third-order valence-corrected chi connectivity index (χ3v) is 3.50. The van der Waals surface area contributed by atoms with Crippen LogP contribution in [0.2, 0.25) is 0 Å². The first-order valence-corrected chi connectivity index (χ1v) is 6.34. The van der Waals surface area contributed by atoms with Crippen molar-refractivity contribution >= 4 is 17.2 Å². The largest absolute Gasteiger partial charge is 0.332 e. The molecule has 1 unspecified atom stereocenters. The van der Waals surface area contributed by atoms with Crippen LogP contribution in [0.25, 0.3) is 0 Å². The molecule has 1 N–H and O–H groups in total. The highest BCUT2D eigenvalue weighted by atomic mass is 32.1. The molecule has 1 aromatic carbocycles. The average Bonchev–Trinajstić information content (AvgIpc) is 2.83. The Morgan fingerprint density at radius 1 is 1.28 bits per heavy atom. The van der Waals surface area contributed by atoms with Gasteiger partial charge in [-0.2, -0.15) is 5.26 Å². The molecule has 0 saturated carbocycles. The van der Waals surface area contributed by atoms with E-state index in [4.69, 9.17) is 5.26 Å². The minimum Gasteiger partial charge on any atom is -0.332 e. The number of carbonyl (C=O) groups excluding carboxylic acids is 1.